The minimum atomic E-state index is 0.491. The number of nitrogens with zero attached hydrogens (tertiary/aromatic N) is 2. The molecule has 0 saturated carbocycles. The van der Waals surface area contributed by atoms with Crippen LogP contribution >= 0.6 is 11.3 Å². The van der Waals surface area contributed by atoms with Crippen molar-refractivity contribution in [1.29, 1.82) is 0 Å². The maximum Gasteiger partial charge on any atom is 0.123 e. The number of aromatic nitrogens is 1. The molecule has 0 saturated heterocycles. The van der Waals surface area contributed by atoms with Gasteiger partial charge in [0, 0.05) is 22.9 Å². The quantitative estimate of drug-likeness (QED) is 0.609. The lowest BCUT2D eigenvalue weighted by Gasteiger charge is -2.13. The molecule has 0 fully saturated rings. The van der Waals surface area contributed by atoms with Crippen LogP contribution in [0.3, 0.4) is 0 Å². The summed E-state index contributed by atoms with van der Waals surface area (Å²) < 4.78 is 0. The van der Waals surface area contributed by atoms with Gasteiger partial charge >= 0.3 is 0 Å². The number of aliphatic imine (C=N–C) groups is 1. The zero-order valence-electron chi connectivity index (χ0n) is 13.6. The summed E-state index contributed by atoms with van der Waals surface area (Å²) in [6.45, 7) is 10.9. The van der Waals surface area contributed by atoms with Crippen molar-refractivity contribution in [3.05, 3.63) is 34.8 Å². The average molecular weight is 300 g/mol. The zero-order valence-corrected chi connectivity index (χ0v) is 14.4. The van der Waals surface area contributed by atoms with E-state index in [-0.39, 0.29) is 0 Å². The van der Waals surface area contributed by atoms with Gasteiger partial charge in [0.25, 0.3) is 0 Å². The lowest BCUT2D eigenvalue weighted by atomic mass is 9.96. The molecule has 0 unspecified atom stereocenters. The monoisotopic (exact) mass is 300 g/mol. The highest BCUT2D eigenvalue weighted by Gasteiger charge is 2.12. The maximum absolute atomic E-state index is 4.86. The Morgan fingerprint density at radius 2 is 2.10 bits per heavy atom. The Morgan fingerprint density at radius 1 is 1.33 bits per heavy atom. The average Bonchev–Trinajstić information content (AvgIpc) is 2.95. The second-order valence-corrected chi connectivity index (χ2v) is 6.70. The lowest BCUT2D eigenvalue weighted by molar-refractivity contribution is 0.866. The summed E-state index contributed by atoms with van der Waals surface area (Å²) in [4.78, 5) is 9.33. The fourth-order valence-electron chi connectivity index (χ4n) is 2.37. The van der Waals surface area contributed by atoms with Crippen LogP contribution in [0.15, 0.2) is 28.7 Å². The van der Waals surface area contributed by atoms with E-state index in [9.17, 15) is 0 Å². The van der Waals surface area contributed by atoms with Crippen LogP contribution in [0.1, 0.15) is 57.6 Å². The van der Waals surface area contributed by atoms with Crippen molar-refractivity contribution < 1.29 is 0 Å². The summed E-state index contributed by atoms with van der Waals surface area (Å²) in [6, 6.07) is 4.50. The Balaban J connectivity index is 2.57. The summed E-state index contributed by atoms with van der Waals surface area (Å²) in [5.41, 5.74) is 6.07. The first-order valence-electron chi connectivity index (χ1n) is 7.61. The van der Waals surface area contributed by atoms with Gasteiger partial charge in [0.2, 0.25) is 0 Å². The second kappa shape index (κ2) is 6.99. The summed E-state index contributed by atoms with van der Waals surface area (Å²) >= 11 is 1.69. The third-order valence-corrected chi connectivity index (χ3v) is 4.46. The van der Waals surface area contributed by atoms with Crippen molar-refractivity contribution in [1.82, 2.24) is 4.98 Å². The molecule has 1 heterocycles. The molecule has 0 bridgehead atoms. The van der Waals surface area contributed by atoms with Crippen LogP contribution in [0, 0.1) is 6.92 Å². The molecule has 2 rings (SSSR count). The van der Waals surface area contributed by atoms with E-state index in [2.05, 4.69) is 51.7 Å². The Hall–Kier alpha value is -1.48. The van der Waals surface area contributed by atoms with Crippen molar-refractivity contribution in [2.75, 3.05) is 0 Å². The van der Waals surface area contributed by atoms with Gasteiger partial charge in [-0.15, -0.1) is 11.3 Å². The van der Waals surface area contributed by atoms with E-state index in [4.69, 9.17) is 4.99 Å². The van der Waals surface area contributed by atoms with E-state index in [1.165, 1.54) is 22.4 Å². The molecule has 0 spiro atoms. The lowest BCUT2D eigenvalue weighted by Crippen LogP contribution is -1.94. The van der Waals surface area contributed by atoms with Crippen LogP contribution in [0.25, 0.3) is 10.6 Å². The van der Waals surface area contributed by atoms with E-state index in [0.717, 1.165) is 23.5 Å². The fourth-order valence-corrected chi connectivity index (χ4v) is 3.08. The molecule has 21 heavy (non-hydrogen) atoms. The van der Waals surface area contributed by atoms with Gasteiger partial charge in [-0.25, -0.2) is 4.98 Å². The van der Waals surface area contributed by atoms with Gasteiger partial charge in [0.1, 0.15) is 5.01 Å². The summed E-state index contributed by atoms with van der Waals surface area (Å²) in [6.07, 6.45) is 4.06. The summed E-state index contributed by atoms with van der Waals surface area (Å²) in [5, 5.41) is 3.11. The molecule has 2 aromatic rings. The Kier molecular flexibility index (Phi) is 5.29. The van der Waals surface area contributed by atoms with Gasteiger partial charge in [-0.05, 0) is 49.4 Å². The van der Waals surface area contributed by atoms with E-state index < -0.39 is 0 Å². The Morgan fingerprint density at radius 3 is 2.67 bits per heavy atom. The van der Waals surface area contributed by atoms with Crippen LogP contribution in [0.4, 0.5) is 5.69 Å². The van der Waals surface area contributed by atoms with Crippen LogP contribution < -0.4 is 0 Å². The SMILES string of the molecule is CCCC(C)=Nc1cc(C(C)C)cc(-c2nccs2)c1C. The maximum atomic E-state index is 4.86. The molecule has 0 atom stereocenters. The summed E-state index contributed by atoms with van der Waals surface area (Å²) in [7, 11) is 0. The molecule has 1 aromatic carbocycles. The van der Waals surface area contributed by atoms with E-state index >= 15 is 0 Å². The van der Waals surface area contributed by atoms with Crippen molar-refractivity contribution in [3.8, 4) is 10.6 Å². The fraction of sp³-hybridized carbons (Fsp3) is 0.444. The van der Waals surface area contributed by atoms with Crippen LogP contribution in [0.2, 0.25) is 0 Å². The molecular formula is C18H24N2S. The first kappa shape index (κ1) is 15.9. The first-order valence-corrected chi connectivity index (χ1v) is 8.49. The predicted molar refractivity (Wildman–Crippen MR) is 94.1 cm³/mol. The highest BCUT2D eigenvalue weighted by Crippen LogP contribution is 2.35. The third-order valence-electron chi connectivity index (χ3n) is 3.66. The molecule has 0 aliphatic rings. The molecule has 112 valence electrons. The number of hydrogen-bond donors (Lipinski definition) is 0. The largest absolute Gasteiger partial charge is 0.258 e. The van der Waals surface area contributed by atoms with Gasteiger partial charge < -0.3 is 0 Å². The highest BCUT2D eigenvalue weighted by molar-refractivity contribution is 7.13. The van der Waals surface area contributed by atoms with Gasteiger partial charge in [0.05, 0.1) is 5.69 Å². The standard InChI is InChI=1S/C18H24N2S/c1-6-7-13(4)20-17-11-15(12(2)3)10-16(14(17)5)18-19-8-9-21-18/h8-12H,6-7H2,1-5H3. The van der Waals surface area contributed by atoms with E-state index in [1.807, 2.05) is 11.6 Å². The van der Waals surface area contributed by atoms with Gasteiger partial charge in [-0.2, -0.15) is 0 Å². The van der Waals surface area contributed by atoms with Crippen molar-refractivity contribution in [3.63, 3.8) is 0 Å². The molecule has 1 aromatic heterocycles. The number of hydrogen-bond acceptors (Lipinski definition) is 3. The van der Waals surface area contributed by atoms with E-state index in [1.54, 1.807) is 11.3 Å². The summed E-state index contributed by atoms with van der Waals surface area (Å²) in [5.74, 6) is 0.491. The number of thiazole rings is 1. The zero-order chi connectivity index (χ0) is 15.4. The van der Waals surface area contributed by atoms with Gasteiger partial charge in [0.15, 0.2) is 0 Å². The Bertz CT molecular complexity index is 625. The van der Waals surface area contributed by atoms with Crippen molar-refractivity contribution in [2.45, 2.75) is 53.4 Å². The Labute approximate surface area is 132 Å². The van der Waals surface area contributed by atoms with E-state index in [0.29, 0.717) is 5.92 Å². The normalized spacial score (nSPS) is 12.2. The van der Waals surface area contributed by atoms with Crippen LogP contribution in [-0.4, -0.2) is 10.7 Å². The predicted octanol–water partition coefficient (Wildman–Crippen LogP) is 6.13. The second-order valence-electron chi connectivity index (χ2n) is 5.80. The van der Waals surface area contributed by atoms with Gasteiger partial charge in [-0.3, -0.25) is 4.99 Å². The van der Waals surface area contributed by atoms with Crippen LogP contribution in [0.5, 0.6) is 0 Å². The van der Waals surface area contributed by atoms with Crippen LogP contribution in [-0.2, 0) is 0 Å². The number of benzene rings is 1. The molecule has 0 aliphatic carbocycles. The van der Waals surface area contributed by atoms with Crippen molar-refractivity contribution in [2.24, 2.45) is 4.99 Å². The molecule has 0 amide bonds. The minimum absolute atomic E-state index is 0.491. The third kappa shape index (κ3) is 3.79. The highest BCUT2D eigenvalue weighted by atomic mass is 32.1. The van der Waals surface area contributed by atoms with Gasteiger partial charge in [-0.1, -0.05) is 27.2 Å². The smallest absolute Gasteiger partial charge is 0.123 e. The topological polar surface area (TPSA) is 25.2 Å². The molecule has 3 heteroatoms. The molecule has 0 N–H and O–H groups in total. The molecule has 0 aliphatic heterocycles. The first-order chi connectivity index (χ1) is 10.0. The number of rotatable bonds is 5. The molecule has 2 nitrogen and oxygen atoms in total. The minimum Gasteiger partial charge on any atom is -0.258 e. The molecular weight excluding hydrogens is 276 g/mol. The molecule has 0 radical (unpaired) electrons. The van der Waals surface area contributed by atoms with Crippen molar-refractivity contribution >= 4 is 22.7 Å².